The maximum Gasteiger partial charge on any atom is 0.160 e. The summed E-state index contributed by atoms with van der Waals surface area (Å²) in [6, 6.07) is 12.7. The van der Waals surface area contributed by atoms with Crippen molar-refractivity contribution < 1.29 is 4.74 Å². The van der Waals surface area contributed by atoms with Crippen molar-refractivity contribution >= 4 is 11.2 Å². The van der Waals surface area contributed by atoms with Crippen molar-refractivity contribution in [2.24, 2.45) is 0 Å². The van der Waals surface area contributed by atoms with Gasteiger partial charge in [0.15, 0.2) is 5.65 Å². The van der Waals surface area contributed by atoms with E-state index in [9.17, 15) is 0 Å². The molecule has 2 aromatic heterocycles. The van der Waals surface area contributed by atoms with Crippen molar-refractivity contribution in [3.05, 3.63) is 54.0 Å². The average Bonchev–Trinajstić information content (AvgIpc) is 3.22. The molecule has 3 aromatic rings. The molecule has 4 rings (SSSR count). The molecule has 0 N–H and O–H groups in total. The first-order chi connectivity index (χ1) is 11.4. The molecule has 1 aromatic carbocycles. The number of benzene rings is 1. The number of nitrogens with zero attached hydrogens (tertiary/aromatic N) is 3. The van der Waals surface area contributed by atoms with E-state index < -0.39 is 0 Å². The van der Waals surface area contributed by atoms with Crippen molar-refractivity contribution in [2.75, 3.05) is 7.11 Å². The molecule has 2 heterocycles. The van der Waals surface area contributed by atoms with Crippen LogP contribution in [0, 0.1) is 0 Å². The van der Waals surface area contributed by atoms with Gasteiger partial charge in [-0.05, 0) is 31.0 Å². The topological polar surface area (TPSA) is 39.9 Å². The maximum absolute atomic E-state index is 5.50. The molecule has 1 saturated carbocycles. The van der Waals surface area contributed by atoms with E-state index in [1.807, 2.05) is 24.4 Å². The second-order valence-corrected chi connectivity index (χ2v) is 6.17. The second kappa shape index (κ2) is 6.03. The number of imidazole rings is 1. The van der Waals surface area contributed by atoms with Gasteiger partial charge in [-0.15, -0.1) is 0 Å². The van der Waals surface area contributed by atoms with E-state index in [-0.39, 0.29) is 0 Å². The standard InChI is InChI=1S/C19H21N3O/c1-23-17-11-5-2-7-14(17)13-18-21-16-10-6-12-20-19(16)22(18)15-8-3-4-9-15/h2,5-7,10-12,15H,3-4,8-9,13H2,1H3. The Morgan fingerprint density at radius 1 is 1.13 bits per heavy atom. The summed E-state index contributed by atoms with van der Waals surface area (Å²) in [6.07, 6.45) is 7.68. The molecule has 1 fully saturated rings. The van der Waals surface area contributed by atoms with E-state index >= 15 is 0 Å². The Kier molecular flexibility index (Phi) is 3.74. The van der Waals surface area contributed by atoms with E-state index in [0.717, 1.165) is 29.2 Å². The van der Waals surface area contributed by atoms with Crippen molar-refractivity contribution in [2.45, 2.75) is 38.1 Å². The Bertz CT molecular complexity index is 818. The Labute approximate surface area is 136 Å². The zero-order valence-corrected chi connectivity index (χ0v) is 13.4. The van der Waals surface area contributed by atoms with Crippen LogP contribution in [0.2, 0.25) is 0 Å². The molecule has 118 valence electrons. The number of rotatable bonds is 4. The minimum absolute atomic E-state index is 0.527. The molecule has 0 amide bonds. The lowest BCUT2D eigenvalue weighted by Crippen LogP contribution is -2.10. The van der Waals surface area contributed by atoms with Crippen molar-refractivity contribution in [3.63, 3.8) is 0 Å². The third kappa shape index (κ3) is 2.58. The largest absolute Gasteiger partial charge is 0.496 e. The summed E-state index contributed by atoms with van der Waals surface area (Å²) >= 11 is 0. The number of ether oxygens (including phenoxy) is 1. The van der Waals surface area contributed by atoms with E-state index in [1.54, 1.807) is 7.11 Å². The first-order valence-electron chi connectivity index (χ1n) is 8.30. The highest BCUT2D eigenvalue weighted by Gasteiger charge is 2.23. The van der Waals surface area contributed by atoms with Gasteiger partial charge in [0, 0.05) is 24.2 Å². The van der Waals surface area contributed by atoms with Crippen molar-refractivity contribution in [1.82, 2.24) is 14.5 Å². The second-order valence-electron chi connectivity index (χ2n) is 6.17. The summed E-state index contributed by atoms with van der Waals surface area (Å²) < 4.78 is 7.87. The predicted octanol–water partition coefficient (Wildman–Crippen LogP) is 4.15. The summed E-state index contributed by atoms with van der Waals surface area (Å²) in [4.78, 5) is 9.47. The molecule has 0 radical (unpaired) electrons. The van der Waals surface area contributed by atoms with Crippen LogP contribution in [0.25, 0.3) is 11.2 Å². The molecule has 1 aliphatic carbocycles. The van der Waals surface area contributed by atoms with Gasteiger partial charge >= 0.3 is 0 Å². The third-order valence-electron chi connectivity index (χ3n) is 4.75. The zero-order chi connectivity index (χ0) is 15.6. The first kappa shape index (κ1) is 14.2. The van der Waals surface area contributed by atoms with E-state index in [0.29, 0.717) is 6.04 Å². The van der Waals surface area contributed by atoms with Crippen molar-refractivity contribution in [1.29, 1.82) is 0 Å². The van der Waals surface area contributed by atoms with E-state index in [1.165, 1.54) is 31.2 Å². The Hall–Kier alpha value is -2.36. The Morgan fingerprint density at radius 2 is 1.96 bits per heavy atom. The fourth-order valence-corrected chi connectivity index (χ4v) is 3.67. The van der Waals surface area contributed by atoms with E-state index in [4.69, 9.17) is 9.72 Å². The number of hydrogen-bond acceptors (Lipinski definition) is 3. The fraction of sp³-hybridized carbons (Fsp3) is 0.368. The molecule has 0 aliphatic heterocycles. The smallest absolute Gasteiger partial charge is 0.160 e. The number of hydrogen-bond donors (Lipinski definition) is 0. The average molecular weight is 307 g/mol. The van der Waals surface area contributed by atoms with Crippen LogP contribution in [0.5, 0.6) is 5.75 Å². The summed E-state index contributed by atoms with van der Waals surface area (Å²) in [7, 11) is 1.72. The molecular formula is C19H21N3O. The van der Waals surface area contributed by atoms with Gasteiger partial charge in [-0.25, -0.2) is 9.97 Å². The molecule has 0 atom stereocenters. The molecule has 23 heavy (non-hydrogen) atoms. The predicted molar refractivity (Wildman–Crippen MR) is 90.8 cm³/mol. The summed E-state index contributed by atoms with van der Waals surface area (Å²) in [5.41, 5.74) is 3.18. The fourth-order valence-electron chi connectivity index (χ4n) is 3.67. The van der Waals surface area contributed by atoms with Gasteiger partial charge in [-0.1, -0.05) is 31.0 Å². The molecule has 0 spiro atoms. The van der Waals surface area contributed by atoms with Crippen LogP contribution in [0.1, 0.15) is 43.1 Å². The van der Waals surface area contributed by atoms with Gasteiger partial charge in [0.05, 0.1) is 7.11 Å². The quantitative estimate of drug-likeness (QED) is 0.727. The number of aromatic nitrogens is 3. The Balaban J connectivity index is 1.81. The summed E-state index contributed by atoms with van der Waals surface area (Å²) in [6.45, 7) is 0. The minimum Gasteiger partial charge on any atom is -0.496 e. The SMILES string of the molecule is COc1ccccc1Cc1nc2cccnc2n1C1CCCC1. The molecule has 4 heteroatoms. The number of fused-ring (bicyclic) bond motifs is 1. The van der Waals surface area contributed by atoms with Crippen LogP contribution in [0.4, 0.5) is 0 Å². The summed E-state index contributed by atoms with van der Waals surface area (Å²) in [5, 5.41) is 0. The van der Waals surface area contributed by atoms with Gasteiger partial charge in [0.2, 0.25) is 0 Å². The van der Waals surface area contributed by atoms with Gasteiger partial charge in [-0.3, -0.25) is 0 Å². The third-order valence-corrected chi connectivity index (χ3v) is 4.75. The molecule has 0 unspecified atom stereocenters. The Morgan fingerprint density at radius 3 is 2.78 bits per heavy atom. The van der Waals surface area contributed by atoms with Crippen LogP contribution < -0.4 is 4.74 Å². The molecule has 1 aliphatic rings. The van der Waals surface area contributed by atoms with Crippen molar-refractivity contribution in [3.8, 4) is 5.75 Å². The van der Waals surface area contributed by atoms with Gasteiger partial charge in [-0.2, -0.15) is 0 Å². The normalized spacial score (nSPS) is 15.3. The molecule has 4 nitrogen and oxygen atoms in total. The first-order valence-corrected chi connectivity index (χ1v) is 8.30. The van der Waals surface area contributed by atoms with Crippen LogP contribution in [-0.2, 0) is 6.42 Å². The molecule has 0 bridgehead atoms. The highest BCUT2D eigenvalue weighted by Crippen LogP contribution is 2.34. The van der Waals surface area contributed by atoms with Crippen LogP contribution in [0.15, 0.2) is 42.6 Å². The van der Waals surface area contributed by atoms with Crippen LogP contribution in [-0.4, -0.2) is 21.6 Å². The zero-order valence-electron chi connectivity index (χ0n) is 13.4. The molecular weight excluding hydrogens is 286 g/mol. The minimum atomic E-state index is 0.527. The van der Waals surface area contributed by atoms with Gasteiger partial charge in [0.1, 0.15) is 17.1 Å². The lowest BCUT2D eigenvalue weighted by molar-refractivity contribution is 0.409. The number of methoxy groups -OCH3 is 1. The molecule has 0 saturated heterocycles. The lowest BCUT2D eigenvalue weighted by atomic mass is 10.1. The highest BCUT2D eigenvalue weighted by molar-refractivity contribution is 5.71. The number of para-hydroxylation sites is 1. The highest BCUT2D eigenvalue weighted by atomic mass is 16.5. The summed E-state index contributed by atoms with van der Waals surface area (Å²) in [5.74, 6) is 2.01. The van der Waals surface area contributed by atoms with Crippen LogP contribution in [0.3, 0.4) is 0 Å². The van der Waals surface area contributed by atoms with E-state index in [2.05, 4.69) is 27.8 Å². The number of pyridine rings is 1. The van der Waals surface area contributed by atoms with Gasteiger partial charge < -0.3 is 9.30 Å². The van der Waals surface area contributed by atoms with Gasteiger partial charge in [0.25, 0.3) is 0 Å². The van der Waals surface area contributed by atoms with Crippen LogP contribution >= 0.6 is 0 Å². The maximum atomic E-state index is 5.50. The monoisotopic (exact) mass is 307 g/mol. The lowest BCUT2D eigenvalue weighted by Gasteiger charge is -2.16.